The largest absolute Gasteiger partial charge is 0.370 e. The number of para-hydroxylation sites is 2. The molecule has 2 fully saturated rings. The number of aromatic nitrogens is 2. The molecule has 1 aromatic carbocycles. The number of nitrogens with one attached hydrogen (secondary N) is 2. The van der Waals surface area contributed by atoms with Crippen LogP contribution in [0.2, 0.25) is 0 Å². The summed E-state index contributed by atoms with van der Waals surface area (Å²) < 4.78 is 29.4. The van der Waals surface area contributed by atoms with Gasteiger partial charge in [-0.05, 0) is 25.5 Å². The van der Waals surface area contributed by atoms with Gasteiger partial charge in [0.15, 0.2) is 9.84 Å². The Balaban J connectivity index is 1.44. The van der Waals surface area contributed by atoms with E-state index in [4.69, 9.17) is 4.74 Å². The molecule has 0 bridgehead atoms. The molecule has 2 aromatic rings. The molecule has 2 aliphatic rings. The zero-order valence-corrected chi connectivity index (χ0v) is 15.4. The summed E-state index contributed by atoms with van der Waals surface area (Å²) in [5.41, 5.74) is 1.02. The Kier molecular flexibility index (Phi) is 4.15. The highest BCUT2D eigenvalue weighted by Crippen LogP contribution is 2.31. The van der Waals surface area contributed by atoms with Gasteiger partial charge in [-0.3, -0.25) is 0 Å². The maximum absolute atomic E-state index is 12.7. The van der Waals surface area contributed by atoms with Gasteiger partial charge in [-0.25, -0.2) is 18.2 Å². The molecular formula is C17H22N4O4S. The molecule has 0 radical (unpaired) electrons. The lowest BCUT2D eigenvalue weighted by Gasteiger charge is -2.39. The third kappa shape index (κ3) is 3.28. The van der Waals surface area contributed by atoms with Crippen LogP contribution in [0.25, 0.3) is 11.0 Å². The van der Waals surface area contributed by atoms with Crippen molar-refractivity contribution in [2.75, 3.05) is 31.2 Å². The molecule has 140 valence electrons. The number of aromatic amines is 1. The minimum absolute atomic E-state index is 0.0110. The predicted octanol–water partition coefficient (Wildman–Crippen LogP) is 1.22. The van der Waals surface area contributed by atoms with Crippen molar-refractivity contribution in [3.63, 3.8) is 0 Å². The van der Waals surface area contributed by atoms with E-state index in [9.17, 15) is 13.2 Å². The van der Waals surface area contributed by atoms with Crippen LogP contribution in [-0.4, -0.2) is 66.1 Å². The Morgan fingerprint density at radius 3 is 2.96 bits per heavy atom. The number of rotatable bonds is 2. The van der Waals surface area contributed by atoms with Crippen molar-refractivity contribution in [1.82, 2.24) is 20.2 Å². The number of hydrogen-bond donors (Lipinski definition) is 2. The van der Waals surface area contributed by atoms with Crippen LogP contribution >= 0.6 is 0 Å². The van der Waals surface area contributed by atoms with Crippen LogP contribution < -0.4 is 5.32 Å². The monoisotopic (exact) mass is 378 g/mol. The molecule has 4 rings (SSSR count). The third-order valence-corrected chi connectivity index (χ3v) is 6.84. The molecule has 2 amide bonds. The molecule has 2 atom stereocenters. The Bertz CT molecular complexity index is 908. The smallest absolute Gasteiger partial charge is 0.318 e. The summed E-state index contributed by atoms with van der Waals surface area (Å²) in [7, 11) is -3.08. The normalized spacial score (nSPS) is 26.3. The first kappa shape index (κ1) is 17.3. The number of fused-ring (bicyclic) bond motifs is 1. The van der Waals surface area contributed by atoms with Crippen molar-refractivity contribution in [1.29, 1.82) is 0 Å². The molecular weight excluding hydrogens is 356 g/mol. The second kappa shape index (κ2) is 6.24. The molecule has 26 heavy (non-hydrogen) atoms. The van der Waals surface area contributed by atoms with Gasteiger partial charge in [-0.2, -0.15) is 0 Å². The van der Waals surface area contributed by atoms with Gasteiger partial charge in [-0.15, -0.1) is 0 Å². The van der Waals surface area contributed by atoms with Crippen LogP contribution in [0.1, 0.15) is 25.2 Å². The fourth-order valence-corrected chi connectivity index (χ4v) is 5.61. The number of ether oxygens (including phenoxy) is 1. The van der Waals surface area contributed by atoms with Crippen molar-refractivity contribution in [2.45, 2.75) is 25.0 Å². The Labute approximate surface area is 151 Å². The topological polar surface area (TPSA) is 104 Å². The van der Waals surface area contributed by atoms with E-state index in [0.717, 1.165) is 11.0 Å². The summed E-state index contributed by atoms with van der Waals surface area (Å²) in [5, 5.41) is 2.94. The predicted molar refractivity (Wildman–Crippen MR) is 96.6 cm³/mol. The maximum Gasteiger partial charge on any atom is 0.318 e. The van der Waals surface area contributed by atoms with Gasteiger partial charge in [0.1, 0.15) is 11.4 Å². The lowest BCUT2D eigenvalue weighted by Crippen LogP contribution is -2.56. The lowest BCUT2D eigenvalue weighted by molar-refractivity contribution is -0.0804. The summed E-state index contributed by atoms with van der Waals surface area (Å²) in [6.07, 6.45) is 0.443. The van der Waals surface area contributed by atoms with Crippen molar-refractivity contribution in [2.24, 2.45) is 0 Å². The number of nitrogens with zero attached hydrogens (tertiary/aromatic N) is 2. The minimum Gasteiger partial charge on any atom is -0.370 e. The summed E-state index contributed by atoms with van der Waals surface area (Å²) in [5.74, 6) is 0.798. The van der Waals surface area contributed by atoms with Crippen molar-refractivity contribution in [3.8, 4) is 0 Å². The number of morpholine rings is 1. The third-order valence-electron chi connectivity index (χ3n) is 5.05. The van der Waals surface area contributed by atoms with Gasteiger partial charge in [0.05, 0.1) is 41.7 Å². The highest BCUT2D eigenvalue weighted by atomic mass is 32.2. The number of carbonyl (C=O) groups excluding carboxylic acids is 1. The minimum atomic E-state index is -3.08. The van der Waals surface area contributed by atoms with E-state index in [1.54, 1.807) is 4.90 Å². The van der Waals surface area contributed by atoms with E-state index >= 15 is 0 Å². The molecule has 1 spiro atoms. The average molecular weight is 378 g/mol. The van der Waals surface area contributed by atoms with Crippen molar-refractivity contribution in [3.05, 3.63) is 30.1 Å². The zero-order chi connectivity index (χ0) is 18.4. The van der Waals surface area contributed by atoms with E-state index in [0.29, 0.717) is 31.9 Å². The van der Waals surface area contributed by atoms with Gasteiger partial charge in [0, 0.05) is 6.54 Å². The number of imidazole rings is 1. The highest BCUT2D eigenvalue weighted by Gasteiger charge is 2.47. The SMILES string of the molecule is CC(NC(=O)N1CCOC2(CCS(=O)(=O)C2)C1)c1nc2ccccc2[nH]1. The zero-order valence-electron chi connectivity index (χ0n) is 14.6. The second-order valence-electron chi connectivity index (χ2n) is 7.11. The number of sulfone groups is 1. The van der Waals surface area contributed by atoms with E-state index in [1.807, 2.05) is 31.2 Å². The molecule has 2 saturated heterocycles. The molecule has 2 N–H and O–H groups in total. The summed E-state index contributed by atoms with van der Waals surface area (Å²) in [6.45, 7) is 2.96. The molecule has 9 heteroatoms. The van der Waals surface area contributed by atoms with E-state index in [-0.39, 0.29) is 23.6 Å². The summed E-state index contributed by atoms with van der Waals surface area (Å²) in [4.78, 5) is 22.0. The van der Waals surface area contributed by atoms with Crippen LogP contribution in [0.3, 0.4) is 0 Å². The summed E-state index contributed by atoms with van der Waals surface area (Å²) in [6, 6.07) is 7.17. The van der Waals surface area contributed by atoms with Crippen molar-refractivity contribution >= 4 is 26.9 Å². The number of hydrogen-bond acceptors (Lipinski definition) is 5. The van der Waals surface area contributed by atoms with Gasteiger partial charge in [-0.1, -0.05) is 12.1 Å². The van der Waals surface area contributed by atoms with Crippen LogP contribution in [0, 0.1) is 0 Å². The molecule has 1 aromatic heterocycles. The molecule has 2 aliphatic heterocycles. The van der Waals surface area contributed by atoms with Crippen molar-refractivity contribution < 1.29 is 17.9 Å². The Morgan fingerprint density at radius 1 is 1.42 bits per heavy atom. The Hall–Kier alpha value is -2.13. The van der Waals surface area contributed by atoms with Crippen LogP contribution in [0.5, 0.6) is 0 Å². The van der Waals surface area contributed by atoms with Crippen LogP contribution in [-0.2, 0) is 14.6 Å². The molecule has 3 heterocycles. The van der Waals surface area contributed by atoms with Gasteiger partial charge >= 0.3 is 6.03 Å². The van der Waals surface area contributed by atoms with Crippen LogP contribution in [0.15, 0.2) is 24.3 Å². The lowest BCUT2D eigenvalue weighted by atomic mass is 10.0. The average Bonchev–Trinajstić information content (AvgIpc) is 3.16. The number of urea groups is 1. The first-order valence-corrected chi connectivity index (χ1v) is 10.5. The highest BCUT2D eigenvalue weighted by molar-refractivity contribution is 7.91. The van der Waals surface area contributed by atoms with E-state index in [1.165, 1.54) is 0 Å². The fraction of sp³-hybridized carbons (Fsp3) is 0.529. The van der Waals surface area contributed by atoms with Gasteiger partial charge in [0.2, 0.25) is 0 Å². The first-order valence-electron chi connectivity index (χ1n) is 8.70. The molecule has 0 aliphatic carbocycles. The van der Waals surface area contributed by atoms with E-state index in [2.05, 4.69) is 15.3 Å². The number of amides is 2. The second-order valence-corrected chi connectivity index (χ2v) is 9.29. The number of H-pyrrole nitrogens is 1. The van der Waals surface area contributed by atoms with Gasteiger partial charge in [0.25, 0.3) is 0 Å². The fourth-order valence-electron chi connectivity index (χ4n) is 3.67. The molecule has 8 nitrogen and oxygen atoms in total. The number of benzene rings is 1. The van der Waals surface area contributed by atoms with Crippen LogP contribution in [0.4, 0.5) is 4.79 Å². The first-order chi connectivity index (χ1) is 12.4. The quantitative estimate of drug-likeness (QED) is 0.818. The summed E-state index contributed by atoms with van der Waals surface area (Å²) >= 11 is 0. The molecule has 2 unspecified atom stereocenters. The van der Waals surface area contributed by atoms with E-state index < -0.39 is 15.4 Å². The maximum atomic E-state index is 12.7. The van der Waals surface area contributed by atoms with Gasteiger partial charge < -0.3 is 19.9 Å². The Morgan fingerprint density at radius 2 is 2.23 bits per heavy atom. The number of carbonyl (C=O) groups is 1. The standard InChI is InChI=1S/C17H22N4O4S/c1-12(15-19-13-4-2-3-5-14(13)20-15)18-16(22)21-7-8-25-17(10-21)6-9-26(23,24)11-17/h2-5,12H,6-11H2,1H3,(H,18,22)(H,19,20). The molecule has 0 saturated carbocycles.